The highest BCUT2D eigenvalue weighted by Gasteiger charge is 2.59. The number of carbonyl (C=O) groups excluding carboxylic acids is 1. The van der Waals surface area contributed by atoms with Crippen LogP contribution in [0.5, 0.6) is 0 Å². The Bertz CT molecular complexity index is 1330. The first kappa shape index (κ1) is 35.4. The number of aliphatic hydroxyl groups excluding tert-OH is 6. The Kier molecular flexibility index (Phi) is 11.2. The van der Waals surface area contributed by atoms with Crippen LogP contribution in [-0.2, 0) is 37.5 Å². The number of nitrogen functional groups attached to an aromatic ring is 1. The number of aromatic nitrogens is 2. The maximum atomic E-state index is 12.9. The molecule has 44 heavy (non-hydrogen) atoms. The molecule has 0 saturated carbocycles. The first-order chi connectivity index (χ1) is 20.4. The molecule has 0 radical (unpaired) electrons. The largest absolute Gasteiger partial charge is 0.481 e. The summed E-state index contributed by atoms with van der Waals surface area (Å²) >= 11 is 0. The van der Waals surface area contributed by atoms with E-state index >= 15 is 0 Å². The zero-order chi connectivity index (χ0) is 33.1. The zero-order valence-corrected chi connectivity index (χ0v) is 23.2. The van der Waals surface area contributed by atoms with Crippen molar-refractivity contribution in [2.24, 2.45) is 0 Å². The summed E-state index contributed by atoms with van der Waals surface area (Å²) in [7, 11) is -5.61. The van der Waals surface area contributed by atoms with Gasteiger partial charge in [0, 0.05) is 12.6 Å². The predicted molar refractivity (Wildman–Crippen MR) is 135 cm³/mol. The molecule has 12 N–H and O–H groups in total. The van der Waals surface area contributed by atoms with Gasteiger partial charge < -0.3 is 66.3 Å². The average molecular weight is 658 g/mol. The molecule has 11 atom stereocenters. The van der Waals surface area contributed by atoms with Crippen LogP contribution in [0, 0.1) is 0 Å². The fourth-order valence-electron chi connectivity index (χ4n) is 4.46. The Morgan fingerprint density at radius 3 is 2.45 bits per heavy atom. The fraction of sp³-hybridized carbons (Fsp3) is 0.667. The van der Waals surface area contributed by atoms with E-state index < -0.39 is 118 Å². The third-order valence-electron chi connectivity index (χ3n) is 6.58. The summed E-state index contributed by atoms with van der Waals surface area (Å²) < 4.78 is 33.6. The smallest absolute Gasteiger partial charge is 0.475 e. The van der Waals surface area contributed by atoms with Crippen LogP contribution in [0.4, 0.5) is 5.82 Å². The van der Waals surface area contributed by atoms with Gasteiger partial charge in [0.2, 0.25) is 5.91 Å². The first-order valence-electron chi connectivity index (χ1n) is 12.5. The van der Waals surface area contributed by atoms with Crippen LogP contribution in [0.2, 0.25) is 0 Å². The number of amides is 1. The van der Waals surface area contributed by atoms with Gasteiger partial charge in [0.15, 0.2) is 6.23 Å². The Morgan fingerprint density at radius 1 is 1.23 bits per heavy atom. The monoisotopic (exact) mass is 658 g/mol. The molecule has 2 fully saturated rings. The van der Waals surface area contributed by atoms with Gasteiger partial charge in [0.25, 0.3) is 5.79 Å². The van der Waals surface area contributed by atoms with Gasteiger partial charge >= 0.3 is 25.5 Å². The van der Waals surface area contributed by atoms with Crippen LogP contribution in [0.25, 0.3) is 0 Å². The third-order valence-corrected chi connectivity index (χ3v) is 7.58. The number of hydrogen-bond donors (Lipinski definition) is 11. The van der Waals surface area contributed by atoms with E-state index in [1.54, 1.807) is 0 Å². The van der Waals surface area contributed by atoms with Crippen molar-refractivity contribution in [1.82, 2.24) is 14.9 Å². The number of carboxylic acids is 2. The lowest BCUT2D eigenvalue weighted by Crippen LogP contribution is -2.67. The van der Waals surface area contributed by atoms with Crippen molar-refractivity contribution in [2.75, 3.05) is 18.9 Å². The molecule has 0 bridgehead atoms. The van der Waals surface area contributed by atoms with Crippen LogP contribution in [0.15, 0.2) is 17.1 Å². The normalized spacial score (nSPS) is 33.2. The van der Waals surface area contributed by atoms with Crippen LogP contribution in [0.3, 0.4) is 0 Å². The lowest BCUT2D eigenvalue weighted by Gasteiger charge is -2.46. The van der Waals surface area contributed by atoms with Gasteiger partial charge in [-0.25, -0.2) is 18.7 Å². The number of anilines is 1. The van der Waals surface area contributed by atoms with E-state index in [9.17, 15) is 64.4 Å². The Hall–Kier alpha value is -3.12. The molecule has 0 aromatic carbocycles. The standard InChI is InChI=1S/C21H31N4O18P/c22-10-1-2-25(20(37)23-10)18-16(34)15(33)9(41-18)6-40-44(38,39)43-21(19(35)36)4-7(27)13(24-11(29)3-12(30)31)17(42-21)14(32)8(28)5-26/h1-2,7-9,13-18,26-28,32-34H,3-6H2,(H,24,29)(H,30,31)(H,35,36)(H,38,39)(H2,22,23,37)/t7-,8-,9?,13-,14-,15-,16-,17?,18?,21+/m1/s1. The minimum Gasteiger partial charge on any atom is -0.481 e. The maximum Gasteiger partial charge on any atom is 0.475 e. The van der Waals surface area contributed by atoms with Gasteiger partial charge in [-0.3, -0.25) is 18.7 Å². The number of nitrogens with zero attached hydrogens (tertiary/aromatic N) is 2. The van der Waals surface area contributed by atoms with Crippen LogP contribution in [0.1, 0.15) is 19.1 Å². The summed E-state index contributed by atoms with van der Waals surface area (Å²) in [4.78, 5) is 61.0. The van der Waals surface area contributed by atoms with Crippen LogP contribution in [-0.4, -0.2) is 141 Å². The van der Waals surface area contributed by atoms with Crippen molar-refractivity contribution in [1.29, 1.82) is 0 Å². The molecule has 248 valence electrons. The van der Waals surface area contributed by atoms with Gasteiger partial charge in [-0.05, 0) is 6.07 Å². The Balaban J connectivity index is 1.80. The number of nitrogens with two attached hydrogens (primary N) is 1. The Morgan fingerprint density at radius 2 is 1.89 bits per heavy atom. The van der Waals surface area contributed by atoms with Crippen molar-refractivity contribution < 1.29 is 83.2 Å². The number of ether oxygens (including phenoxy) is 2. The predicted octanol–water partition coefficient (Wildman–Crippen LogP) is -5.82. The number of phosphoric ester groups is 1. The quantitative estimate of drug-likeness (QED) is 0.0694. The summed E-state index contributed by atoms with van der Waals surface area (Å²) in [6.07, 6.45) is -16.8. The minimum absolute atomic E-state index is 0.158. The lowest BCUT2D eigenvalue weighted by molar-refractivity contribution is -0.289. The highest BCUT2D eigenvalue weighted by molar-refractivity contribution is 7.47. The Labute approximate surface area is 245 Å². The molecule has 2 aliphatic heterocycles. The highest BCUT2D eigenvalue weighted by atomic mass is 31.2. The second-order valence-corrected chi connectivity index (χ2v) is 11.1. The lowest BCUT2D eigenvalue weighted by atomic mass is 9.88. The van der Waals surface area contributed by atoms with Gasteiger partial charge in [-0.2, -0.15) is 4.98 Å². The third kappa shape index (κ3) is 7.93. The number of hydrogen-bond acceptors (Lipinski definition) is 17. The summed E-state index contributed by atoms with van der Waals surface area (Å²) in [6.45, 7) is -2.22. The molecule has 0 spiro atoms. The highest BCUT2D eigenvalue weighted by Crippen LogP contribution is 2.51. The van der Waals surface area contributed by atoms with Crippen molar-refractivity contribution >= 4 is 31.5 Å². The second-order valence-electron chi connectivity index (χ2n) is 9.76. The molecule has 4 unspecified atom stereocenters. The molecule has 3 rings (SSSR count). The van der Waals surface area contributed by atoms with Crippen LogP contribution >= 0.6 is 7.82 Å². The number of aliphatic hydroxyl groups is 6. The fourth-order valence-corrected chi connectivity index (χ4v) is 5.41. The van der Waals surface area contributed by atoms with Crippen molar-refractivity contribution in [3.8, 4) is 0 Å². The summed E-state index contributed by atoms with van der Waals surface area (Å²) in [5.41, 5.74) is 4.43. The molecule has 3 heterocycles. The number of carboxylic acid groups (broad SMARTS) is 2. The van der Waals surface area contributed by atoms with E-state index in [4.69, 9.17) is 29.4 Å². The van der Waals surface area contributed by atoms with E-state index in [1.807, 2.05) is 5.32 Å². The number of rotatable bonds is 13. The molecule has 1 aromatic rings. The van der Waals surface area contributed by atoms with E-state index in [-0.39, 0.29) is 5.82 Å². The maximum absolute atomic E-state index is 12.9. The molecule has 2 aliphatic rings. The summed E-state index contributed by atoms with van der Waals surface area (Å²) in [5.74, 6) is -8.51. The number of aliphatic carboxylic acids is 2. The molecule has 23 heteroatoms. The van der Waals surface area contributed by atoms with Crippen molar-refractivity contribution in [3.63, 3.8) is 0 Å². The van der Waals surface area contributed by atoms with Crippen LogP contribution < -0.4 is 16.7 Å². The van der Waals surface area contributed by atoms with Gasteiger partial charge in [0.05, 0.1) is 25.4 Å². The molecule has 22 nitrogen and oxygen atoms in total. The molecule has 1 aromatic heterocycles. The molecular weight excluding hydrogens is 627 g/mol. The summed E-state index contributed by atoms with van der Waals surface area (Å²) in [6, 6.07) is -0.654. The van der Waals surface area contributed by atoms with Crippen molar-refractivity contribution in [3.05, 3.63) is 22.7 Å². The van der Waals surface area contributed by atoms with E-state index in [1.165, 1.54) is 6.07 Å². The molecule has 0 aliphatic carbocycles. The topological polar surface area (TPSA) is 360 Å². The zero-order valence-electron chi connectivity index (χ0n) is 22.3. The van der Waals surface area contributed by atoms with E-state index in [2.05, 4.69) is 4.98 Å². The van der Waals surface area contributed by atoms with Gasteiger partial charge in [-0.15, -0.1) is 0 Å². The molecule has 2 saturated heterocycles. The molecule has 1 amide bonds. The van der Waals surface area contributed by atoms with E-state index in [0.29, 0.717) is 0 Å². The van der Waals surface area contributed by atoms with Crippen molar-refractivity contribution in [2.45, 2.75) is 73.6 Å². The number of nitrogens with one attached hydrogen (secondary N) is 1. The number of phosphoric acid groups is 1. The SMILES string of the molecule is Nc1ccn(C2OC(COP(=O)(O)O[C@]3(C(=O)O)C[C@@H](O)[C@@H](NC(=O)CC(=O)O)C([C@H](O)[C@H](O)CO)O3)[C@@H](O)[C@H]2O)c(=O)n1. The first-order valence-corrected chi connectivity index (χ1v) is 14.0. The van der Waals surface area contributed by atoms with E-state index in [0.717, 1.165) is 10.8 Å². The van der Waals surface area contributed by atoms with Gasteiger partial charge in [-0.1, -0.05) is 0 Å². The minimum atomic E-state index is -5.61. The second kappa shape index (κ2) is 13.9. The molecular formula is C21H31N4O18P. The summed E-state index contributed by atoms with van der Waals surface area (Å²) in [5, 5.41) is 81.6. The number of carbonyl (C=O) groups is 3. The van der Waals surface area contributed by atoms with Gasteiger partial charge in [0.1, 0.15) is 48.9 Å². The average Bonchev–Trinajstić information content (AvgIpc) is 3.20.